The van der Waals surface area contributed by atoms with Gasteiger partial charge >= 0.3 is 6.09 Å². The third-order valence-electron chi connectivity index (χ3n) is 2.13. The molecule has 0 aromatic carbocycles. The first-order chi connectivity index (χ1) is 7.33. The van der Waals surface area contributed by atoms with Gasteiger partial charge in [0.05, 0.1) is 13.2 Å². The minimum atomic E-state index is -0.386. The standard InChI is InChI=1S/C10H18N2O3/c1-2-7-15-10(13)11-3-4-12-5-8-14-9-6-12/h2H,1,3-9H2,(H,11,13). The van der Waals surface area contributed by atoms with Crippen molar-refractivity contribution in [2.75, 3.05) is 46.0 Å². The van der Waals surface area contributed by atoms with Crippen LogP contribution in [-0.2, 0) is 9.47 Å². The van der Waals surface area contributed by atoms with Gasteiger partial charge in [0, 0.05) is 26.2 Å². The van der Waals surface area contributed by atoms with Crippen molar-refractivity contribution >= 4 is 6.09 Å². The van der Waals surface area contributed by atoms with Crippen LogP contribution in [0.25, 0.3) is 0 Å². The zero-order valence-electron chi connectivity index (χ0n) is 8.91. The Balaban J connectivity index is 1.99. The maximum absolute atomic E-state index is 11.0. The molecule has 0 atom stereocenters. The molecule has 1 aliphatic heterocycles. The second kappa shape index (κ2) is 7.25. The summed E-state index contributed by atoms with van der Waals surface area (Å²) in [6.45, 7) is 8.58. The van der Waals surface area contributed by atoms with Gasteiger partial charge in [-0.1, -0.05) is 12.7 Å². The smallest absolute Gasteiger partial charge is 0.407 e. The molecule has 1 saturated heterocycles. The van der Waals surface area contributed by atoms with Crippen molar-refractivity contribution in [3.63, 3.8) is 0 Å². The van der Waals surface area contributed by atoms with E-state index < -0.39 is 0 Å². The van der Waals surface area contributed by atoms with Gasteiger partial charge in [0.1, 0.15) is 6.61 Å². The number of hydrogen-bond donors (Lipinski definition) is 1. The molecule has 15 heavy (non-hydrogen) atoms. The lowest BCUT2D eigenvalue weighted by Crippen LogP contribution is -2.41. The van der Waals surface area contributed by atoms with E-state index in [-0.39, 0.29) is 12.7 Å². The number of carbonyl (C=O) groups is 1. The van der Waals surface area contributed by atoms with E-state index in [0.29, 0.717) is 6.54 Å². The third kappa shape index (κ3) is 5.39. The lowest BCUT2D eigenvalue weighted by Gasteiger charge is -2.26. The maximum atomic E-state index is 11.0. The lowest BCUT2D eigenvalue weighted by molar-refractivity contribution is 0.0383. The maximum Gasteiger partial charge on any atom is 0.407 e. The monoisotopic (exact) mass is 214 g/mol. The number of rotatable bonds is 5. The largest absolute Gasteiger partial charge is 0.445 e. The molecule has 0 radical (unpaired) electrons. The lowest BCUT2D eigenvalue weighted by atomic mass is 10.4. The predicted molar refractivity (Wildman–Crippen MR) is 56.8 cm³/mol. The molecule has 5 heteroatoms. The summed E-state index contributed by atoms with van der Waals surface area (Å²) in [6.07, 6.45) is 1.16. The molecular formula is C10H18N2O3. The Morgan fingerprint density at radius 1 is 1.53 bits per heavy atom. The first-order valence-corrected chi connectivity index (χ1v) is 5.14. The van der Waals surface area contributed by atoms with Gasteiger partial charge in [-0.2, -0.15) is 0 Å². The summed E-state index contributed by atoms with van der Waals surface area (Å²) in [6, 6.07) is 0. The Bertz CT molecular complexity index is 203. The molecule has 1 amide bonds. The summed E-state index contributed by atoms with van der Waals surface area (Å²) in [5.41, 5.74) is 0. The van der Waals surface area contributed by atoms with Crippen LogP contribution in [0.3, 0.4) is 0 Å². The highest BCUT2D eigenvalue weighted by Gasteiger charge is 2.09. The summed E-state index contributed by atoms with van der Waals surface area (Å²) in [7, 11) is 0. The number of morpholine rings is 1. The van der Waals surface area contributed by atoms with Gasteiger partial charge in [0.25, 0.3) is 0 Å². The normalized spacial score (nSPS) is 17.1. The average Bonchev–Trinajstić information content (AvgIpc) is 2.28. The van der Waals surface area contributed by atoms with E-state index in [4.69, 9.17) is 9.47 Å². The Labute approximate surface area is 90.0 Å². The Hall–Kier alpha value is -1.07. The Morgan fingerprint density at radius 2 is 2.27 bits per heavy atom. The van der Waals surface area contributed by atoms with Crippen LogP contribution in [0.4, 0.5) is 4.79 Å². The fraction of sp³-hybridized carbons (Fsp3) is 0.700. The van der Waals surface area contributed by atoms with Crippen molar-refractivity contribution in [3.8, 4) is 0 Å². The number of carbonyl (C=O) groups excluding carboxylic acids is 1. The minimum Gasteiger partial charge on any atom is -0.445 e. The van der Waals surface area contributed by atoms with E-state index in [1.165, 1.54) is 0 Å². The van der Waals surface area contributed by atoms with Gasteiger partial charge in [-0.15, -0.1) is 0 Å². The molecule has 1 aliphatic rings. The molecule has 1 N–H and O–H groups in total. The van der Waals surface area contributed by atoms with Gasteiger partial charge < -0.3 is 14.8 Å². The quantitative estimate of drug-likeness (QED) is 0.666. The molecule has 5 nitrogen and oxygen atoms in total. The van der Waals surface area contributed by atoms with Crippen LogP contribution in [-0.4, -0.2) is 57.0 Å². The van der Waals surface area contributed by atoms with E-state index in [1.807, 2.05) is 0 Å². The second-order valence-corrected chi connectivity index (χ2v) is 3.27. The van der Waals surface area contributed by atoms with E-state index in [9.17, 15) is 4.79 Å². The van der Waals surface area contributed by atoms with Gasteiger partial charge in [-0.25, -0.2) is 4.79 Å². The van der Waals surface area contributed by atoms with Crippen LogP contribution in [0.1, 0.15) is 0 Å². The molecular weight excluding hydrogens is 196 g/mol. The van der Waals surface area contributed by atoms with E-state index >= 15 is 0 Å². The topological polar surface area (TPSA) is 50.8 Å². The van der Waals surface area contributed by atoms with E-state index in [0.717, 1.165) is 32.8 Å². The number of ether oxygens (including phenoxy) is 2. The highest BCUT2D eigenvalue weighted by atomic mass is 16.5. The van der Waals surface area contributed by atoms with Crippen molar-refractivity contribution < 1.29 is 14.3 Å². The van der Waals surface area contributed by atoms with Crippen LogP contribution in [0, 0.1) is 0 Å². The van der Waals surface area contributed by atoms with Gasteiger partial charge in [0.15, 0.2) is 0 Å². The minimum absolute atomic E-state index is 0.253. The summed E-state index contributed by atoms with van der Waals surface area (Å²) < 4.78 is 9.98. The number of alkyl carbamates (subject to hydrolysis) is 1. The molecule has 86 valence electrons. The number of amides is 1. The molecule has 0 bridgehead atoms. The first kappa shape index (κ1) is 12.0. The fourth-order valence-electron chi connectivity index (χ4n) is 1.33. The molecule has 0 aromatic rings. The van der Waals surface area contributed by atoms with Crippen molar-refractivity contribution in [3.05, 3.63) is 12.7 Å². The van der Waals surface area contributed by atoms with Crippen molar-refractivity contribution in [2.45, 2.75) is 0 Å². The van der Waals surface area contributed by atoms with Gasteiger partial charge in [-0.3, -0.25) is 4.90 Å². The summed E-state index contributed by atoms with van der Waals surface area (Å²) in [5, 5.41) is 2.67. The molecule has 1 heterocycles. The number of nitrogens with zero attached hydrogens (tertiary/aromatic N) is 1. The van der Waals surface area contributed by atoms with Crippen LogP contribution < -0.4 is 5.32 Å². The predicted octanol–water partition coefficient (Wildman–Crippen LogP) is 0.231. The van der Waals surface area contributed by atoms with Crippen LogP contribution in [0.5, 0.6) is 0 Å². The van der Waals surface area contributed by atoms with E-state index in [1.54, 1.807) is 6.08 Å². The summed E-state index contributed by atoms with van der Waals surface area (Å²) in [5.74, 6) is 0. The summed E-state index contributed by atoms with van der Waals surface area (Å²) in [4.78, 5) is 13.3. The highest BCUT2D eigenvalue weighted by Crippen LogP contribution is 1.94. The third-order valence-corrected chi connectivity index (χ3v) is 2.13. The van der Waals surface area contributed by atoms with Crippen LogP contribution in [0.15, 0.2) is 12.7 Å². The van der Waals surface area contributed by atoms with Gasteiger partial charge in [-0.05, 0) is 0 Å². The summed E-state index contributed by atoms with van der Waals surface area (Å²) >= 11 is 0. The molecule has 0 aromatic heterocycles. The number of nitrogens with one attached hydrogen (secondary N) is 1. The first-order valence-electron chi connectivity index (χ1n) is 5.14. The SMILES string of the molecule is C=CCOC(=O)NCCN1CCOCC1. The van der Waals surface area contributed by atoms with Gasteiger partial charge in [0.2, 0.25) is 0 Å². The average molecular weight is 214 g/mol. The zero-order chi connectivity index (χ0) is 10.9. The molecule has 0 unspecified atom stereocenters. The molecule has 1 fully saturated rings. The second-order valence-electron chi connectivity index (χ2n) is 3.27. The number of hydrogen-bond acceptors (Lipinski definition) is 4. The Kier molecular flexibility index (Phi) is 5.80. The molecule has 0 aliphatic carbocycles. The molecule has 0 saturated carbocycles. The van der Waals surface area contributed by atoms with Crippen molar-refractivity contribution in [1.29, 1.82) is 0 Å². The molecule has 1 rings (SSSR count). The van der Waals surface area contributed by atoms with Crippen molar-refractivity contribution in [2.24, 2.45) is 0 Å². The van der Waals surface area contributed by atoms with E-state index in [2.05, 4.69) is 16.8 Å². The highest BCUT2D eigenvalue weighted by molar-refractivity contribution is 5.67. The zero-order valence-corrected chi connectivity index (χ0v) is 8.91. The van der Waals surface area contributed by atoms with Crippen LogP contribution >= 0.6 is 0 Å². The molecule has 0 spiro atoms. The van der Waals surface area contributed by atoms with Crippen molar-refractivity contribution in [1.82, 2.24) is 10.2 Å². The fourth-order valence-corrected chi connectivity index (χ4v) is 1.33. The Morgan fingerprint density at radius 3 is 2.93 bits per heavy atom. The van der Waals surface area contributed by atoms with Crippen LogP contribution in [0.2, 0.25) is 0 Å².